The van der Waals surface area contributed by atoms with Gasteiger partial charge >= 0.3 is 11.6 Å². The Morgan fingerprint density at radius 3 is 2.72 bits per heavy atom. The van der Waals surface area contributed by atoms with Gasteiger partial charge in [-0.3, -0.25) is 9.59 Å². The van der Waals surface area contributed by atoms with Crippen molar-refractivity contribution in [3.8, 4) is 5.75 Å². The summed E-state index contributed by atoms with van der Waals surface area (Å²) in [5, 5.41) is 1.16. The van der Waals surface area contributed by atoms with E-state index in [4.69, 9.17) is 25.5 Å². The van der Waals surface area contributed by atoms with E-state index < -0.39 is 17.5 Å². The minimum absolute atomic E-state index is 0.0419. The van der Waals surface area contributed by atoms with Crippen LogP contribution in [0.5, 0.6) is 5.75 Å². The van der Waals surface area contributed by atoms with Crippen molar-refractivity contribution in [2.75, 3.05) is 18.6 Å². The lowest BCUT2D eigenvalue weighted by Crippen LogP contribution is -2.26. The molecule has 4 rings (SSSR count). The Morgan fingerprint density at radius 2 is 1.97 bits per heavy atom. The fraction of sp³-hybridized carbons (Fsp3) is 0.292. The van der Waals surface area contributed by atoms with Gasteiger partial charge in [0.05, 0.1) is 18.7 Å². The van der Waals surface area contributed by atoms with Crippen molar-refractivity contribution < 1.29 is 23.5 Å². The lowest BCUT2D eigenvalue weighted by atomic mass is 10.1. The number of anilines is 1. The number of ether oxygens (including phenoxy) is 2. The molecule has 1 fully saturated rings. The van der Waals surface area contributed by atoms with E-state index in [0.717, 1.165) is 5.56 Å². The molecule has 1 aromatic heterocycles. The molecule has 1 atom stereocenters. The van der Waals surface area contributed by atoms with Gasteiger partial charge in [0.15, 0.2) is 0 Å². The molecule has 1 saturated heterocycles. The zero-order chi connectivity index (χ0) is 22.8. The maximum atomic E-state index is 12.7. The van der Waals surface area contributed by atoms with E-state index in [1.807, 2.05) is 13.0 Å². The zero-order valence-electron chi connectivity index (χ0n) is 17.7. The number of aryl methyl sites for hydroxylation is 1. The first-order chi connectivity index (χ1) is 15.4. The molecule has 1 aliphatic rings. The summed E-state index contributed by atoms with van der Waals surface area (Å²) in [5.41, 5.74) is 1.83. The molecule has 0 aliphatic carbocycles. The lowest BCUT2D eigenvalue weighted by molar-refractivity contribution is -0.149. The van der Waals surface area contributed by atoms with Gasteiger partial charge in [-0.25, -0.2) is 4.79 Å². The molecule has 3 aromatic rings. The number of carbonyl (C=O) groups excluding carboxylic acids is 2. The van der Waals surface area contributed by atoms with Crippen LogP contribution < -0.4 is 15.3 Å². The van der Waals surface area contributed by atoms with Crippen molar-refractivity contribution in [3.63, 3.8) is 0 Å². The first-order valence-electron chi connectivity index (χ1n) is 10.3. The Hall–Kier alpha value is -3.32. The Labute approximate surface area is 189 Å². The largest absolute Gasteiger partial charge is 0.495 e. The summed E-state index contributed by atoms with van der Waals surface area (Å²) >= 11 is 6.32. The summed E-state index contributed by atoms with van der Waals surface area (Å²) in [5.74, 6) is -0.746. The molecule has 0 radical (unpaired) electrons. The minimum Gasteiger partial charge on any atom is -0.495 e. The molecule has 166 valence electrons. The fourth-order valence-electron chi connectivity index (χ4n) is 3.90. The van der Waals surface area contributed by atoms with Gasteiger partial charge in [-0.05, 0) is 36.2 Å². The van der Waals surface area contributed by atoms with Crippen LogP contribution in [0.3, 0.4) is 0 Å². The van der Waals surface area contributed by atoms with Gasteiger partial charge in [-0.2, -0.15) is 0 Å². The maximum Gasteiger partial charge on any atom is 0.336 e. The van der Waals surface area contributed by atoms with Crippen LogP contribution in [0.2, 0.25) is 5.02 Å². The summed E-state index contributed by atoms with van der Waals surface area (Å²) < 4.78 is 16.1. The molecule has 0 bridgehead atoms. The highest BCUT2D eigenvalue weighted by Gasteiger charge is 2.37. The minimum atomic E-state index is -0.617. The standard InChI is InChI=1S/C24H22ClNO6/c1-3-14-8-21-17(11-18(14)25)16(10-23(28)32-21)13-31-24(29)15-9-22(27)26(12-15)19-6-4-5-7-20(19)30-2/h4-8,10-11,15H,3,9,12-13H2,1-2H3. The average Bonchev–Trinajstić information content (AvgIpc) is 3.18. The third-order valence-corrected chi connectivity index (χ3v) is 5.93. The number of esters is 1. The molecule has 2 heterocycles. The van der Waals surface area contributed by atoms with E-state index >= 15 is 0 Å². The van der Waals surface area contributed by atoms with Gasteiger partial charge in [0.1, 0.15) is 17.9 Å². The Kier molecular flexibility index (Phi) is 6.19. The van der Waals surface area contributed by atoms with Crippen molar-refractivity contribution in [2.45, 2.75) is 26.4 Å². The Bertz CT molecular complexity index is 1250. The predicted molar refractivity (Wildman–Crippen MR) is 120 cm³/mol. The number of benzene rings is 2. The van der Waals surface area contributed by atoms with Gasteiger partial charge in [0.2, 0.25) is 5.91 Å². The average molecular weight is 456 g/mol. The number of hydrogen-bond acceptors (Lipinski definition) is 6. The summed E-state index contributed by atoms with van der Waals surface area (Å²) in [4.78, 5) is 38.8. The highest BCUT2D eigenvalue weighted by molar-refractivity contribution is 6.32. The highest BCUT2D eigenvalue weighted by atomic mass is 35.5. The molecule has 0 saturated carbocycles. The van der Waals surface area contributed by atoms with Gasteiger partial charge in [0, 0.05) is 35.0 Å². The molecular formula is C24H22ClNO6. The van der Waals surface area contributed by atoms with Crippen molar-refractivity contribution >= 4 is 40.1 Å². The molecule has 2 aromatic carbocycles. The van der Waals surface area contributed by atoms with Crippen LogP contribution in [0.15, 0.2) is 51.7 Å². The van der Waals surface area contributed by atoms with E-state index in [1.165, 1.54) is 18.1 Å². The number of halogens is 1. The molecule has 32 heavy (non-hydrogen) atoms. The number of rotatable bonds is 6. The van der Waals surface area contributed by atoms with Crippen LogP contribution >= 0.6 is 11.6 Å². The normalized spacial score (nSPS) is 15.9. The first-order valence-corrected chi connectivity index (χ1v) is 10.6. The van der Waals surface area contributed by atoms with E-state index in [1.54, 1.807) is 30.3 Å². The van der Waals surface area contributed by atoms with Crippen LogP contribution in [0.1, 0.15) is 24.5 Å². The van der Waals surface area contributed by atoms with Crippen LogP contribution in [0, 0.1) is 5.92 Å². The smallest absolute Gasteiger partial charge is 0.336 e. The van der Waals surface area contributed by atoms with Crippen LogP contribution in [0.4, 0.5) is 5.69 Å². The van der Waals surface area contributed by atoms with E-state index in [-0.39, 0.29) is 25.5 Å². The molecule has 7 nitrogen and oxygen atoms in total. The summed E-state index contributed by atoms with van der Waals surface area (Å²) in [6.07, 6.45) is 0.732. The van der Waals surface area contributed by atoms with Crippen molar-refractivity contribution in [1.82, 2.24) is 0 Å². The van der Waals surface area contributed by atoms with Gasteiger partial charge in [-0.1, -0.05) is 30.7 Å². The van der Waals surface area contributed by atoms with E-state index in [0.29, 0.717) is 39.4 Å². The number of fused-ring (bicyclic) bond motifs is 1. The molecule has 0 spiro atoms. The number of carbonyl (C=O) groups is 2. The van der Waals surface area contributed by atoms with Crippen LogP contribution in [0.25, 0.3) is 11.0 Å². The van der Waals surface area contributed by atoms with Crippen molar-refractivity contribution in [3.05, 3.63) is 69.0 Å². The van der Waals surface area contributed by atoms with Crippen LogP contribution in [-0.4, -0.2) is 25.5 Å². The zero-order valence-corrected chi connectivity index (χ0v) is 18.5. The van der Waals surface area contributed by atoms with Gasteiger partial charge in [-0.15, -0.1) is 0 Å². The Morgan fingerprint density at radius 1 is 1.19 bits per heavy atom. The predicted octanol–water partition coefficient (Wildman–Crippen LogP) is 4.11. The van der Waals surface area contributed by atoms with Crippen LogP contribution in [-0.2, 0) is 27.4 Å². The number of amides is 1. The molecular weight excluding hydrogens is 434 g/mol. The number of hydrogen-bond donors (Lipinski definition) is 0. The van der Waals surface area contributed by atoms with E-state index in [2.05, 4.69) is 0 Å². The maximum absolute atomic E-state index is 12.7. The SMILES string of the molecule is CCc1cc2oc(=O)cc(COC(=O)C3CC(=O)N(c4ccccc4OC)C3)c2cc1Cl. The Balaban J connectivity index is 1.51. The summed E-state index contributed by atoms with van der Waals surface area (Å²) in [6, 6.07) is 11.9. The number of nitrogens with zero attached hydrogens (tertiary/aromatic N) is 1. The second-order valence-electron chi connectivity index (χ2n) is 7.57. The van der Waals surface area contributed by atoms with Gasteiger partial charge in [0.25, 0.3) is 0 Å². The van der Waals surface area contributed by atoms with Crippen molar-refractivity contribution in [1.29, 1.82) is 0 Å². The number of para-hydroxylation sites is 2. The van der Waals surface area contributed by atoms with Gasteiger partial charge < -0.3 is 18.8 Å². The fourth-order valence-corrected chi connectivity index (χ4v) is 4.19. The lowest BCUT2D eigenvalue weighted by Gasteiger charge is -2.19. The quantitative estimate of drug-likeness (QED) is 0.410. The number of methoxy groups -OCH3 is 1. The third-order valence-electron chi connectivity index (χ3n) is 5.58. The molecule has 8 heteroatoms. The second kappa shape index (κ2) is 9.04. The monoisotopic (exact) mass is 455 g/mol. The molecule has 1 amide bonds. The van der Waals surface area contributed by atoms with Crippen molar-refractivity contribution in [2.24, 2.45) is 5.92 Å². The first kappa shape index (κ1) is 21.9. The second-order valence-corrected chi connectivity index (χ2v) is 7.98. The highest BCUT2D eigenvalue weighted by Crippen LogP contribution is 2.33. The van der Waals surface area contributed by atoms with E-state index in [9.17, 15) is 14.4 Å². The summed E-state index contributed by atoms with van der Waals surface area (Å²) in [6.45, 7) is 2.03. The summed E-state index contributed by atoms with van der Waals surface area (Å²) in [7, 11) is 1.53. The topological polar surface area (TPSA) is 86.0 Å². The third kappa shape index (κ3) is 4.21. The molecule has 0 N–H and O–H groups in total. The molecule has 1 unspecified atom stereocenters. The molecule has 1 aliphatic heterocycles.